The van der Waals surface area contributed by atoms with Crippen LogP contribution in [0.4, 0.5) is 0 Å². The maximum atomic E-state index is 6.91. The van der Waals surface area contributed by atoms with Gasteiger partial charge in [0.25, 0.3) is 8.32 Å². The van der Waals surface area contributed by atoms with Gasteiger partial charge in [-0.2, -0.15) is 0 Å². The predicted octanol–water partition coefficient (Wildman–Crippen LogP) is 5.58. The highest BCUT2D eigenvalue weighted by molar-refractivity contribution is 6.99. The summed E-state index contributed by atoms with van der Waals surface area (Å²) in [6, 6.07) is 21.6. The zero-order valence-corrected chi connectivity index (χ0v) is 21.0. The van der Waals surface area contributed by atoms with Crippen LogP contribution >= 0.6 is 0 Å². The Labute approximate surface area is 174 Å². The van der Waals surface area contributed by atoms with E-state index in [1.807, 2.05) is 0 Å². The van der Waals surface area contributed by atoms with Crippen LogP contribution in [-0.2, 0) is 8.85 Å². The average Bonchev–Trinajstić information content (AvgIpc) is 2.61. The fourth-order valence-corrected chi connectivity index (χ4v) is 9.04. The van der Waals surface area contributed by atoms with E-state index in [1.165, 1.54) is 10.4 Å². The molecule has 0 fully saturated rings. The highest BCUT2D eigenvalue weighted by atomic mass is 28.4. The molecule has 0 radical (unpaired) electrons. The van der Waals surface area contributed by atoms with Crippen LogP contribution in [0.25, 0.3) is 0 Å². The molecule has 0 saturated heterocycles. The summed E-state index contributed by atoms with van der Waals surface area (Å²) in [4.78, 5) is 0. The maximum Gasteiger partial charge on any atom is 0.261 e. The number of hydrogen-bond acceptors (Lipinski definition) is 2. The highest BCUT2D eigenvalue weighted by Crippen LogP contribution is 2.38. The second-order valence-corrected chi connectivity index (χ2v) is 19.2. The molecular formula is C24H38O2Si2. The smallest absolute Gasteiger partial charge is 0.261 e. The Morgan fingerprint density at radius 3 is 1.36 bits per heavy atom. The van der Waals surface area contributed by atoms with Crippen molar-refractivity contribution in [3.8, 4) is 0 Å². The molecule has 2 aromatic rings. The summed E-state index contributed by atoms with van der Waals surface area (Å²) in [7, 11) is -4.23. The molecule has 28 heavy (non-hydrogen) atoms. The minimum absolute atomic E-state index is 0.00663. The van der Waals surface area contributed by atoms with E-state index < -0.39 is 16.6 Å². The Morgan fingerprint density at radius 2 is 1.00 bits per heavy atom. The molecule has 154 valence electrons. The van der Waals surface area contributed by atoms with Gasteiger partial charge in [0.05, 0.1) is 13.2 Å². The molecule has 2 aromatic carbocycles. The molecule has 0 bridgehead atoms. The molecule has 0 aliphatic carbocycles. The van der Waals surface area contributed by atoms with E-state index in [4.69, 9.17) is 8.85 Å². The maximum absolute atomic E-state index is 6.91. The fraction of sp³-hybridized carbons (Fsp3) is 0.500. The van der Waals surface area contributed by atoms with Gasteiger partial charge in [-0.15, -0.1) is 0 Å². The molecule has 2 nitrogen and oxygen atoms in total. The van der Waals surface area contributed by atoms with Gasteiger partial charge >= 0.3 is 0 Å². The summed E-state index contributed by atoms with van der Waals surface area (Å²) in [5.41, 5.74) is 0. The van der Waals surface area contributed by atoms with Gasteiger partial charge in [-0.25, -0.2) is 0 Å². The Hall–Kier alpha value is -1.21. The third-order valence-corrected chi connectivity index (χ3v) is 15.7. The third-order valence-electron chi connectivity index (χ3n) is 6.09. The summed E-state index contributed by atoms with van der Waals surface area (Å²) in [6.07, 6.45) is 0. The van der Waals surface area contributed by atoms with Gasteiger partial charge in [0.15, 0.2) is 8.32 Å². The van der Waals surface area contributed by atoms with Crippen LogP contribution in [0.2, 0.25) is 23.2 Å². The quantitative estimate of drug-likeness (QED) is 0.434. The first-order chi connectivity index (χ1) is 12.9. The van der Waals surface area contributed by atoms with Crippen molar-refractivity contribution in [2.24, 2.45) is 0 Å². The Balaban J connectivity index is 2.35. The lowest BCUT2D eigenvalue weighted by Gasteiger charge is -2.43. The molecule has 0 atom stereocenters. The molecule has 0 spiro atoms. The van der Waals surface area contributed by atoms with Gasteiger partial charge in [-0.05, 0) is 33.5 Å². The van der Waals surface area contributed by atoms with Crippen molar-refractivity contribution in [2.75, 3.05) is 13.2 Å². The minimum Gasteiger partial charge on any atom is -0.415 e. The summed E-state index contributed by atoms with van der Waals surface area (Å²) in [5.74, 6) is 0. The molecule has 0 unspecified atom stereocenters. The van der Waals surface area contributed by atoms with Crippen molar-refractivity contribution in [1.82, 2.24) is 0 Å². The summed E-state index contributed by atoms with van der Waals surface area (Å²) < 4.78 is 13.3. The monoisotopic (exact) mass is 414 g/mol. The Kier molecular flexibility index (Phi) is 7.14. The lowest BCUT2D eigenvalue weighted by molar-refractivity contribution is 0.195. The number of hydrogen-bond donors (Lipinski definition) is 0. The van der Waals surface area contributed by atoms with E-state index in [0.717, 1.165) is 0 Å². The van der Waals surface area contributed by atoms with Crippen molar-refractivity contribution >= 4 is 27.0 Å². The topological polar surface area (TPSA) is 18.5 Å². The van der Waals surface area contributed by atoms with E-state index >= 15 is 0 Å². The summed E-state index contributed by atoms with van der Waals surface area (Å²) >= 11 is 0. The number of rotatable bonds is 7. The molecule has 0 aromatic heterocycles. The molecule has 0 amide bonds. The van der Waals surface area contributed by atoms with Crippen LogP contribution in [0, 0.1) is 0 Å². The fourth-order valence-electron chi connectivity index (χ4n) is 3.47. The van der Waals surface area contributed by atoms with Crippen molar-refractivity contribution in [1.29, 1.82) is 0 Å². The molecule has 0 heterocycles. The van der Waals surface area contributed by atoms with Crippen LogP contribution in [0.3, 0.4) is 0 Å². The second kappa shape index (κ2) is 8.66. The minimum atomic E-state index is -2.46. The molecule has 2 rings (SSSR count). The van der Waals surface area contributed by atoms with E-state index in [1.54, 1.807) is 0 Å². The van der Waals surface area contributed by atoms with Crippen molar-refractivity contribution in [3.05, 3.63) is 60.7 Å². The van der Waals surface area contributed by atoms with Crippen molar-refractivity contribution in [3.63, 3.8) is 0 Å². The molecule has 0 aliphatic rings. The first-order valence-corrected chi connectivity index (χ1v) is 15.1. The third kappa shape index (κ3) is 4.85. The molecular weight excluding hydrogens is 376 g/mol. The molecule has 0 aliphatic heterocycles. The lowest BCUT2D eigenvalue weighted by atomic mass is 10.2. The Bertz CT molecular complexity index is 689. The van der Waals surface area contributed by atoms with Crippen LogP contribution in [0.1, 0.15) is 41.5 Å². The normalized spacial score (nSPS) is 13.6. The standard InChI is InChI=1S/C24H38O2Si2/c1-23(2,3)27(7,8)25-19-20-26-28(24(4,5)6,21-15-11-9-12-16-21)22-17-13-10-14-18-22/h9-18H,19-20H2,1-8H3. The summed E-state index contributed by atoms with van der Waals surface area (Å²) in [5, 5.41) is 2.86. The van der Waals surface area contributed by atoms with Gasteiger partial charge in [0.1, 0.15) is 0 Å². The Morgan fingerprint density at radius 1 is 0.607 bits per heavy atom. The van der Waals surface area contributed by atoms with Gasteiger partial charge < -0.3 is 8.85 Å². The van der Waals surface area contributed by atoms with E-state index in [2.05, 4.69) is 115 Å². The van der Waals surface area contributed by atoms with Gasteiger partial charge in [-0.1, -0.05) is 102 Å². The van der Waals surface area contributed by atoms with Crippen LogP contribution in [0.15, 0.2) is 60.7 Å². The van der Waals surface area contributed by atoms with Crippen molar-refractivity contribution < 1.29 is 8.85 Å². The first kappa shape index (κ1) is 23.1. The first-order valence-electron chi connectivity index (χ1n) is 10.3. The number of benzene rings is 2. The lowest BCUT2D eigenvalue weighted by Crippen LogP contribution is -2.66. The zero-order valence-electron chi connectivity index (χ0n) is 19.0. The SMILES string of the molecule is CC(C)(C)[Si](C)(C)OCCO[Si](c1ccccc1)(c1ccccc1)C(C)(C)C. The largest absolute Gasteiger partial charge is 0.415 e. The average molecular weight is 415 g/mol. The van der Waals surface area contributed by atoms with Gasteiger partial charge in [-0.3, -0.25) is 0 Å². The molecule has 0 N–H and O–H groups in total. The zero-order chi connectivity index (χ0) is 21.1. The van der Waals surface area contributed by atoms with Gasteiger partial charge in [0, 0.05) is 0 Å². The highest BCUT2D eigenvalue weighted by Gasteiger charge is 2.50. The van der Waals surface area contributed by atoms with Crippen LogP contribution in [-0.4, -0.2) is 29.8 Å². The predicted molar refractivity (Wildman–Crippen MR) is 127 cm³/mol. The van der Waals surface area contributed by atoms with Crippen LogP contribution < -0.4 is 10.4 Å². The van der Waals surface area contributed by atoms with E-state index in [-0.39, 0.29) is 10.1 Å². The molecule has 0 saturated carbocycles. The molecule has 4 heteroatoms. The van der Waals surface area contributed by atoms with Crippen LogP contribution in [0.5, 0.6) is 0 Å². The second-order valence-electron chi connectivity index (χ2n) is 10.1. The van der Waals surface area contributed by atoms with Gasteiger partial charge in [0.2, 0.25) is 0 Å². The summed E-state index contributed by atoms with van der Waals surface area (Å²) in [6.45, 7) is 19.7. The van der Waals surface area contributed by atoms with E-state index in [0.29, 0.717) is 13.2 Å². The van der Waals surface area contributed by atoms with Crippen molar-refractivity contribution in [2.45, 2.75) is 64.7 Å². The van der Waals surface area contributed by atoms with E-state index in [9.17, 15) is 0 Å².